The molecule has 0 aromatic carbocycles. The summed E-state index contributed by atoms with van der Waals surface area (Å²) in [5, 5.41) is 54.8. The van der Waals surface area contributed by atoms with Crippen LogP contribution in [0.1, 0.15) is 25.7 Å². The highest BCUT2D eigenvalue weighted by atomic mass is 16.4. The summed E-state index contributed by atoms with van der Waals surface area (Å²) in [6.45, 7) is -3.89. The van der Waals surface area contributed by atoms with Crippen LogP contribution in [0.15, 0.2) is 0 Å². The molecule has 0 aromatic rings. The number of carboxylic acid groups (broad SMARTS) is 6. The molecule has 18 heteroatoms. The largest absolute Gasteiger partial charge is 0.481 e. The third kappa shape index (κ3) is 17.0. The van der Waals surface area contributed by atoms with E-state index in [4.69, 9.17) is 26.8 Å². The van der Waals surface area contributed by atoms with Crippen LogP contribution >= 0.6 is 0 Å². The van der Waals surface area contributed by atoms with Crippen molar-refractivity contribution in [1.29, 1.82) is 0 Å². The number of ketones is 1. The molecule has 0 aliphatic heterocycles. The van der Waals surface area contributed by atoms with Crippen molar-refractivity contribution in [3.63, 3.8) is 0 Å². The van der Waals surface area contributed by atoms with Crippen LogP contribution in [0.3, 0.4) is 0 Å². The number of nitrogens with two attached hydrogens (primary N) is 2. The molecule has 0 aliphatic rings. The van der Waals surface area contributed by atoms with E-state index in [-0.39, 0.29) is 38.9 Å². The second-order valence-electron chi connectivity index (χ2n) is 9.12. The van der Waals surface area contributed by atoms with Crippen molar-refractivity contribution in [3.8, 4) is 0 Å². The monoisotopic (exact) mass is 579 g/mol. The number of carboxylic acids is 6. The summed E-state index contributed by atoms with van der Waals surface area (Å²) in [7, 11) is 0. The Labute approximate surface area is 228 Å². The molecule has 0 radical (unpaired) electrons. The van der Waals surface area contributed by atoms with Gasteiger partial charge in [0, 0.05) is 25.7 Å². The maximum atomic E-state index is 12.2. The van der Waals surface area contributed by atoms with E-state index in [1.54, 1.807) is 0 Å². The van der Waals surface area contributed by atoms with E-state index in [2.05, 4.69) is 0 Å². The Bertz CT molecular complexity index is 884. The minimum atomic E-state index is -1.36. The Hall–Kier alpha value is -3.71. The third-order valence-corrected chi connectivity index (χ3v) is 5.65. The third-order valence-electron chi connectivity index (χ3n) is 5.65. The van der Waals surface area contributed by atoms with Gasteiger partial charge in [0.25, 0.3) is 0 Å². The Morgan fingerprint density at radius 2 is 0.975 bits per heavy atom. The van der Waals surface area contributed by atoms with E-state index >= 15 is 0 Å². The number of nitrogens with zero attached hydrogens (tertiary/aromatic N) is 3. The molecule has 0 spiro atoms. The second kappa shape index (κ2) is 18.6. The maximum Gasteiger partial charge on any atom is 0.317 e. The van der Waals surface area contributed by atoms with E-state index in [1.807, 2.05) is 0 Å². The number of carbonyl (C=O) groups is 7. The molecular formula is C22H37N5O13. The molecule has 0 aliphatic carbocycles. The van der Waals surface area contributed by atoms with Gasteiger partial charge >= 0.3 is 35.8 Å². The summed E-state index contributed by atoms with van der Waals surface area (Å²) in [5.41, 5.74) is 11.4. The van der Waals surface area contributed by atoms with Gasteiger partial charge in [-0.15, -0.1) is 0 Å². The zero-order valence-corrected chi connectivity index (χ0v) is 21.8. The highest BCUT2D eigenvalue weighted by Crippen LogP contribution is 2.14. The predicted molar refractivity (Wildman–Crippen MR) is 133 cm³/mol. The summed E-state index contributed by atoms with van der Waals surface area (Å²) < 4.78 is 0. The van der Waals surface area contributed by atoms with Gasteiger partial charge < -0.3 is 42.1 Å². The van der Waals surface area contributed by atoms with Gasteiger partial charge in [-0.1, -0.05) is 0 Å². The molecule has 40 heavy (non-hydrogen) atoms. The summed E-state index contributed by atoms with van der Waals surface area (Å²) in [4.78, 5) is 82.9. The summed E-state index contributed by atoms with van der Waals surface area (Å²) in [6.07, 6.45) is -0.483. The van der Waals surface area contributed by atoms with E-state index in [1.165, 1.54) is 4.90 Å². The van der Waals surface area contributed by atoms with Crippen molar-refractivity contribution in [2.24, 2.45) is 11.5 Å². The molecule has 0 saturated carbocycles. The highest BCUT2D eigenvalue weighted by Gasteiger charge is 2.28. The van der Waals surface area contributed by atoms with Gasteiger partial charge in [0.2, 0.25) is 0 Å². The Kier molecular flexibility index (Phi) is 16.8. The first-order valence-corrected chi connectivity index (χ1v) is 12.1. The standard InChI is InChI=1S/C22H37N5O13/c23-14(22(40)15(24)6-16(28)29)3-1-2-13(27(11-20(36)37)12-21(38)39)7-25(8-17(30)31)4-5-26(9-18(32)33)10-19(34)35/h13-15H,1-12,23-24H2,(H,28,29)(H,30,31)(H,32,33)(H,34,35)(H,36,37)(H,38,39)/t13?,14?,15-/m0/s1. The number of hydrogen-bond donors (Lipinski definition) is 8. The van der Waals surface area contributed by atoms with Crippen LogP contribution in [0.25, 0.3) is 0 Å². The van der Waals surface area contributed by atoms with Gasteiger partial charge in [-0.25, -0.2) is 0 Å². The molecule has 10 N–H and O–H groups in total. The molecule has 0 heterocycles. The lowest BCUT2D eigenvalue weighted by Crippen LogP contribution is -2.50. The van der Waals surface area contributed by atoms with Crippen LogP contribution in [-0.4, -0.2) is 157 Å². The molecule has 0 bridgehead atoms. The number of Topliss-reactive ketones (excluding diaryl/α,β-unsaturated/α-hetero) is 1. The van der Waals surface area contributed by atoms with Gasteiger partial charge in [-0.05, 0) is 19.3 Å². The first-order valence-electron chi connectivity index (χ1n) is 12.1. The van der Waals surface area contributed by atoms with Crippen molar-refractivity contribution < 1.29 is 64.2 Å². The van der Waals surface area contributed by atoms with Gasteiger partial charge in [-0.2, -0.15) is 0 Å². The quantitative estimate of drug-likeness (QED) is 0.0551. The van der Waals surface area contributed by atoms with E-state index < -0.39 is 98.9 Å². The van der Waals surface area contributed by atoms with Crippen molar-refractivity contribution in [3.05, 3.63) is 0 Å². The Morgan fingerprint density at radius 1 is 0.550 bits per heavy atom. The fraction of sp³-hybridized carbons (Fsp3) is 0.682. The van der Waals surface area contributed by atoms with Gasteiger partial charge in [0.1, 0.15) is 0 Å². The average Bonchev–Trinajstić information content (AvgIpc) is 2.78. The molecule has 18 nitrogen and oxygen atoms in total. The zero-order chi connectivity index (χ0) is 31.0. The number of rotatable bonds is 24. The molecule has 3 atom stereocenters. The van der Waals surface area contributed by atoms with E-state index in [0.29, 0.717) is 0 Å². The van der Waals surface area contributed by atoms with Crippen LogP contribution in [-0.2, 0) is 33.6 Å². The minimum Gasteiger partial charge on any atom is -0.481 e. The normalized spacial score (nSPS) is 13.6. The number of hydrogen-bond acceptors (Lipinski definition) is 12. The molecule has 0 fully saturated rings. The Balaban J connectivity index is 5.77. The van der Waals surface area contributed by atoms with Gasteiger partial charge in [-0.3, -0.25) is 48.3 Å². The van der Waals surface area contributed by atoms with Crippen molar-refractivity contribution in [2.45, 2.75) is 43.8 Å². The molecular weight excluding hydrogens is 542 g/mol. The van der Waals surface area contributed by atoms with Gasteiger partial charge in [0.05, 0.1) is 51.2 Å². The number of aliphatic carboxylic acids is 6. The molecule has 0 rings (SSSR count). The molecule has 0 amide bonds. The zero-order valence-electron chi connectivity index (χ0n) is 21.8. The van der Waals surface area contributed by atoms with Crippen molar-refractivity contribution in [2.75, 3.05) is 52.4 Å². The van der Waals surface area contributed by atoms with E-state index in [9.17, 15) is 48.9 Å². The van der Waals surface area contributed by atoms with Crippen LogP contribution in [0.5, 0.6) is 0 Å². The summed E-state index contributed by atoms with van der Waals surface area (Å²) >= 11 is 0. The highest BCUT2D eigenvalue weighted by molar-refractivity contribution is 5.91. The molecule has 0 aromatic heterocycles. The lowest BCUT2D eigenvalue weighted by Gasteiger charge is -2.34. The van der Waals surface area contributed by atoms with Crippen molar-refractivity contribution >= 4 is 41.6 Å². The van der Waals surface area contributed by atoms with Gasteiger partial charge in [0.15, 0.2) is 5.78 Å². The maximum absolute atomic E-state index is 12.2. The second-order valence-corrected chi connectivity index (χ2v) is 9.12. The topological polar surface area (TPSA) is 303 Å². The Morgan fingerprint density at radius 3 is 1.40 bits per heavy atom. The molecule has 228 valence electrons. The summed E-state index contributed by atoms with van der Waals surface area (Å²) in [6, 6.07) is -3.39. The predicted octanol–water partition coefficient (Wildman–Crippen LogP) is -3.45. The van der Waals surface area contributed by atoms with Crippen molar-refractivity contribution in [1.82, 2.24) is 14.7 Å². The van der Waals surface area contributed by atoms with E-state index in [0.717, 1.165) is 9.80 Å². The molecule has 2 unspecified atom stereocenters. The summed E-state index contributed by atoms with van der Waals surface area (Å²) in [5.74, 6) is -8.66. The molecule has 0 saturated heterocycles. The average molecular weight is 580 g/mol. The smallest absolute Gasteiger partial charge is 0.317 e. The minimum absolute atomic E-state index is 0.0133. The fourth-order valence-corrected chi connectivity index (χ4v) is 3.93. The van der Waals surface area contributed by atoms with Crippen LogP contribution < -0.4 is 11.5 Å². The first-order chi connectivity index (χ1) is 18.5. The fourth-order valence-electron chi connectivity index (χ4n) is 3.93. The van der Waals surface area contributed by atoms with Crippen LogP contribution in [0.2, 0.25) is 0 Å². The van der Waals surface area contributed by atoms with Crippen LogP contribution in [0.4, 0.5) is 0 Å². The first kappa shape index (κ1) is 36.3. The lowest BCUT2D eigenvalue weighted by atomic mass is 9.97. The number of carbonyl (C=O) groups excluding carboxylic acids is 1. The lowest BCUT2D eigenvalue weighted by molar-refractivity contribution is -0.144. The van der Waals surface area contributed by atoms with Crippen LogP contribution in [0, 0.1) is 0 Å². The SMILES string of the molecule is NC(CCCC(CN(CCN(CC(=O)O)CC(=O)O)CC(=O)O)N(CC(=O)O)CC(=O)O)C(=O)[C@@H](N)CC(=O)O.